The van der Waals surface area contributed by atoms with E-state index in [9.17, 15) is 27.9 Å². The standard InChI is InChI=1S/C18H16F3NO5/c1-26-14-10-6-5-9-13(14)17(15(23)24,18(19,20)21)22-16(25)27-11-12-7-3-2-4-8-12/h2-10H,11H2,1H3,(H,22,25)(H,23,24). The van der Waals surface area contributed by atoms with E-state index >= 15 is 0 Å². The minimum atomic E-state index is -5.38. The van der Waals surface area contributed by atoms with Gasteiger partial charge in [-0.3, -0.25) is 5.32 Å². The number of amides is 1. The fourth-order valence-electron chi connectivity index (χ4n) is 2.45. The van der Waals surface area contributed by atoms with Crippen LogP contribution in [0.1, 0.15) is 11.1 Å². The summed E-state index contributed by atoms with van der Waals surface area (Å²) in [6.45, 7) is -0.327. The smallest absolute Gasteiger partial charge is 0.427 e. The summed E-state index contributed by atoms with van der Waals surface area (Å²) in [7, 11) is 1.09. The molecular weight excluding hydrogens is 367 g/mol. The highest BCUT2D eigenvalue weighted by Crippen LogP contribution is 2.43. The quantitative estimate of drug-likeness (QED) is 0.798. The molecule has 0 saturated carbocycles. The van der Waals surface area contributed by atoms with Crippen LogP contribution in [0.2, 0.25) is 0 Å². The van der Waals surface area contributed by atoms with Crippen LogP contribution in [-0.2, 0) is 21.7 Å². The number of ether oxygens (including phenoxy) is 2. The van der Waals surface area contributed by atoms with Gasteiger partial charge in [0.15, 0.2) is 0 Å². The normalized spacial score (nSPS) is 13.3. The third-order valence-electron chi connectivity index (χ3n) is 3.76. The second-order valence-electron chi connectivity index (χ2n) is 5.44. The van der Waals surface area contributed by atoms with Gasteiger partial charge in [0.05, 0.1) is 7.11 Å². The number of hydrogen-bond acceptors (Lipinski definition) is 4. The van der Waals surface area contributed by atoms with Gasteiger partial charge in [-0.05, 0) is 11.6 Å². The van der Waals surface area contributed by atoms with Gasteiger partial charge in [0.2, 0.25) is 0 Å². The average molecular weight is 383 g/mol. The molecule has 0 spiro atoms. The third-order valence-corrected chi connectivity index (χ3v) is 3.76. The fourth-order valence-corrected chi connectivity index (χ4v) is 2.45. The lowest BCUT2D eigenvalue weighted by molar-refractivity contribution is -0.212. The van der Waals surface area contributed by atoms with Crippen molar-refractivity contribution in [2.24, 2.45) is 0 Å². The van der Waals surface area contributed by atoms with Crippen molar-refractivity contribution < 1.29 is 37.3 Å². The maximum atomic E-state index is 13.8. The molecule has 27 heavy (non-hydrogen) atoms. The Morgan fingerprint density at radius 1 is 1.04 bits per heavy atom. The van der Waals surface area contributed by atoms with Gasteiger partial charge in [-0.1, -0.05) is 48.5 Å². The molecule has 1 unspecified atom stereocenters. The molecule has 0 aliphatic rings. The van der Waals surface area contributed by atoms with Crippen LogP contribution in [0, 0.1) is 0 Å². The number of hydrogen-bond donors (Lipinski definition) is 2. The van der Waals surface area contributed by atoms with E-state index < -0.39 is 29.3 Å². The predicted octanol–water partition coefficient (Wildman–Crippen LogP) is 3.46. The molecule has 0 bridgehead atoms. The molecular formula is C18H16F3NO5. The number of carbonyl (C=O) groups excluding carboxylic acids is 1. The molecule has 0 aliphatic heterocycles. The number of halogens is 3. The number of nitrogens with one attached hydrogen (secondary N) is 1. The van der Waals surface area contributed by atoms with Crippen LogP contribution in [0.3, 0.4) is 0 Å². The Kier molecular flexibility index (Phi) is 5.94. The first kappa shape index (κ1) is 20.1. The Bertz CT molecular complexity index is 810. The van der Waals surface area contributed by atoms with Crippen molar-refractivity contribution in [1.29, 1.82) is 0 Å². The molecule has 1 atom stereocenters. The Morgan fingerprint density at radius 2 is 1.63 bits per heavy atom. The molecule has 0 radical (unpaired) electrons. The zero-order valence-electron chi connectivity index (χ0n) is 14.1. The minimum absolute atomic E-state index is 0.327. The molecule has 2 aromatic rings. The fraction of sp³-hybridized carbons (Fsp3) is 0.222. The van der Waals surface area contributed by atoms with Crippen molar-refractivity contribution in [3.05, 3.63) is 65.7 Å². The number of methoxy groups -OCH3 is 1. The number of benzene rings is 2. The minimum Gasteiger partial charge on any atom is -0.496 e. The number of aliphatic carboxylic acids is 1. The van der Waals surface area contributed by atoms with Crippen molar-refractivity contribution >= 4 is 12.1 Å². The number of rotatable bonds is 6. The molecule has 0 fully saturated rings. The lowest BCUT2D eigenvalue weighted by Gasteiger charge is -2.33. The summed E-state index contributed by atoms with van der Waals surface area (Å²) >= 11 is 0. The highest BCUT2D eigenvalue weighted by molar-refractivity contribution is 5.88. The SMILES string of the molecule is COc1ccccc1C(NC(=O)OCc1ccccc1)(C(=O)O)C(F)(F)F. The maximum absolute atomic E-state index is 13.8. The summed E-state index contributed by atoms with van der Waals surface area (Å²) in [5.74, 6) is -2.67. The van der Waals surface area contributed by atoms with Gasteiger partial charge in [-0.25, -0.2) is 9.59 Å². The number of carboxylic acid groups (broad SMARTS) is 1. The van der Waals surface area contributed by atoms with E-state index in [2.05, 4.69) is 0 Å². The summed E-state index contributed by atoms with van der Waals surface area (Å²) in [5.41, 5.74) is -3.99. The summed E-state index contributed by atoms with van der Waals surface area (Å²) in [6.07, 6.45) is -6.91. The first-order valence-corrected chi connectivity index (χ1v) is 7.65. The molecule has 0 heterocycles. The first-order chi connectivity index (χ1) is 12.7. The summed E-state index contributed by atoms with van der Waals surface area (Å²) in [6, 6.07) is 12.9. The lowest BCUT2D eigenvalue weighted by atomic mass is 9.88. The molecule has 2 aromatic carbocycles. The van der Waals surface area contributed by atoms with Crippen LogP contribution in [0.15, 0.2) is 54.6 Å². The van der Waals surface area contributed by atoms with Crippen molar-refractivity contribution in [3.8, 4) is 5.75 Å². The second kappa shape index (κ2) is 7.98. The number of para-hydroxylation sites is 1. The topological polar surface area (TPSA) is 84.9 Å². The Hall–Kier alpha value is -3.23. The van der Waals surface area contributed by atoms with E-state index in [1.807, 2.05) is 0 Å². The number of alkyl carbamates (subject to hydrolysis) is 1. The highest BCUT2D eigenvalue weighted by atomic mass is 19.4. The van der Waals surface area contributed by atoms with Gasteiger partial charge in [0.1, 0.15) is 12.4 Å². The van der Waals surface area contributed by atoms with E-state index in [1.54, 1.807) is 30.3 Å². The summed E-state index contributed by atoms with van der Waals surface area (Å²) in [4.78, 5) is 23.7. The van der Waals surface area contributed by atoms with E-state index in [0.717, 1.165) is 19.2 Å². The van der Waals surface area contributed by atoms with Crippen LogP contribution >= 0.6 is 0 Å². The van der Waals surface area contributed by atoms with Gasteiger partial charge in [-0.15, -0.1) is 0 Å². The maximum Gasteiger partial charge on any atom is 0.427 e. The molecule has 0 aromatic heterocycles. The Morgan fingerprint density at radius 3 is 2.19 bits per heavy atom. The monoisotopic (exact) mass is 383 g/mol. The van der Waals surface area contributed by atoms with E-state index in [1.165, 1.54) is 17.4 Å². The second-order valence-corrected chi connectivity index (χ2v) is 5.44. The molecule has 1 amide bonds. The highest BCUT2D eigenvalue weighted by Gasteiger charge is 2.65. The van der Waals surface area contributed by atoms with Crippen LogP contribution < -0.4 is 10.1 Å². The van der Waals surface area contributed by atoms with Gasteiger partial charge >= 0.3 is 18.2 Å². The van der Waals surface area contributed by atoms with Gasteiger partial charge < -0.3 is 14.6 Å². The molecule has 2 N–H and O–H groups in total. The largest absolute Gasteiger partial charge is 0.496 e. The number of carbonyl (C=O) groups is 2. The molecule has 0 saturated heterocycles. The summed E-state index contributed by atoms with van der Waals surface area (Å²) in [5, 5.41) is 10.9. The van der Waals surface area contributed by atoms with E-state index in [0.29, 0.717) is 5.56 Å². The van der Waals surface area contributed by atoms with E-state index in [4.69, 9.17) is 9.47 Å². The van der Waals surface area contributed by atoms with Crippen LogP contribution in [-0.4, -0.2) is 30.5 Å². The van der Waals surface area contributed by atoms with Gasteiger partial charge in [0.25, 0.3) is 5.54 Å². The van der Waals surface area contributed by atoms with Crippen molar-refractivity contribution in [1.82, 2.24) is 5.32 Å². The Labute approximate surface area is 152 Å². The van der Waals surface area contributed by atoms with Gasteiger partial charge in [-0.2, -0.15) is 13.2 Å². The van der Waals surface area contributed by atoms with Crippen LogP contribution in [0.25, 0.3) is 0 Å². The lowest BCUT2D eigenvalue weighted by Crippen LogP contribution is -2.61. The zero-order valence-corrected chi connectivity index (χ0v) is 14.1. The first-order valence-electron chi connectivity index (χ1n) is 7.65. The van der Waals surface area contributed by atoms with E-state index in [-0.39, 0.29) is 12.4 Å². The number of carboxylic acids is 1. The van der Waals surface area contributed by atoms with Crippen molar-refractivity contribution in [3.63, 3.8) is 0 Å². The third kappa shape index (κ3) is 4.13. The Balaban J connectivity index is 2.38. The number of alkyl halides is 3. The van der Waals surface area contributed by atoms with Crippen molar-refractivity contribution in [2.75, 3.05) is 7.11 Å². The average Bonchev–Trinajstić information content (AvgIpc) is 2.64. The van der Waals surface area contributed by atoms with Crippen LogP contribution in [0.5, 0.6) is 5.75 Å². The molecule has 2 rings (SSSR count). The van der Waals surface area contributed by atoms with Gasteiger partial charge in [0, 0.05) is 5.56 Å². The zero-order chi connectivity index (χ0) is 20.1. The molecule has 144 valence electrons. The van der Waals surface area contributed by atoms with Crippen molar-refractivity contribution in [2.45, 2.75) is 18.3 Å². The summed E-state index contributed by atoms with van der Waals surface area (Å²) < 4.78 is 51.2. The molecule has 0 aliphatic carbocycles. The predicted molar refractivity (Wildman–Crippen MR) is 88.1 cm³/mol. The molecule has 6 nitrogen and oxygen atoms in total. The molecule has 9 heteroatoms. The van der Waals surface area contributed by atoms with Crippen LogP contribution in [0.4, 0.5) is 18.0 Å².